The highest BCUT2D eigenvalue weighted by Gasteiger charge is 2.52. The molecule has 2 amide bonds. The van der Waals surface area contributed by atoms with Crippen LogP contribution in [0, 0.1) is 29.1 Å². The maximum absolute atomic E-state index is 16.2. The predicted molar refractivity (Wildman–Crippen MR) is 169 cm³/mol. The van der Waals surface area contributed by atoms with Crippen molar-refractivity contribution >= 4 is 29.3 Å². The first kappa shape index (κ1) is 33.3. The molecule has 12 heteroatoms. The predicted octanol–water partition coefficient (Wildman–Crippen LogP) is 6.04. The van der Waals surface area contributed by atoms with E-state index in [-0.39, 0.29) is 42.3 Å². The van der Waals surface area contributed by atoms with Crippen LogP contribution in [0.4, 0.5) is 13.6 Å². The number of halogens is 2. The summed E-state index contributed by atoms with van der Waals surface area (Å²) in [6.45, 7) is 7.32. The average molecular weight is 657 g/mol. The number of amides is 2. The lowest BCUT2D eigenvalue weighted by Crippen LogP contribution is -2.57. The number of methoxy groups -OCH3 is 1. The van der Waals surface area contributed by atoms with E-state index in [0.29, 0.717) is 42.7 Å². The largest absolute Gasteiger partial charge is 0.497 e. The molecular formula is C35H46F2N4O6. The molecule has 2 aliphatic heterocycles. The number of alkyl carbamates (subject to hydrolysis) is 1. The Labute approximate surface area is 274 Å². The van der Waals surface area contributed by atoms with Crippen molar-refractivity contribution in [2.24, 2.45) is 29.1 Å². The van der Waals surface area contributed by atoms with E-state index in [0.717, 1.165) is 19.3 Å². The lowest BCUT2D eigenvalue weighted by molar-refractivity contribution is -0.139. The molecule has 0 radical (unpaired) electrons. The number of aromatic nitrogens is 2. The van der Waals surface area contributed by atoms with Crippen LogP contribution in [0.3, 0.4) is 0 Å². The van der Waals surface area contributed by atoms with E-state index in [1.165, 1.54) is 12.0 Å². The van der Waals surface area contributed by atoms with Gasteiger partial charge < -0.3 is 29.2 Å². The topological polar surface area (TPSA) is 120 Å². The van der Waals surface area contributed by atoms with E-state index in [1.54, 1.807) is 18.2 Å². The lowest BCUT2D eigenvalue weighted by Gasteiger charge is -2.36. The summed E-state index contributed by atoms with van der Waals surface area (Å²) in [6, 6.07) is 2.94. The number of rotatable bonds is 3. The molecule has 47 heavy (non-hydrogen) atoms. The summed E-state index contributed by atoms with van der Waals surface area (Å²) in [5.41, 5.74) is -0.678. The molecule has 2 aliphatic carbocycles. The molecule has 8 atom stereocenters. The second kappa shape index (κ2) is 12.8. The van der Waals surface area contributed by atoms with Crippen molar-refractivity contribution in [3.8, 4) is 11.6 Å². The minimum atomic E-state index is -3.36. The number of fused-ring (bicyclic) bond motifs is 9. The summed E-state index contributed by atoms with van der Waals surface area (Å²) in [4.78, 5) is 50.6. The van der Waals surface area contributed by atoms with Gasteiger partial charge in [-0.05, 0) is 73.8 Å². The molecule has 256 valence electrons. The second-order valence-electron chi connectivity index (χ2n) is 14.8. The van der Waals surface area contributed by atoms with Crippen LogP contribution in [0.15, 0.2) is 18.2 Å². The standard InChI is InChI=1S/C35H46F2N4O6/c1-6-22-26(18-42)41-17-27(22)46-31-29(38-24-13-12-21(45-5)16-25(24)39-31)35(36,37)14-8-7-9-23-19-10-11-20(15-19)28(23)47-33(44)40-30(32(41)43)34(2,3)4/h12-13,16,18-20,22-23,26-28,30H,6-11,14-15,17H2,1-5H3,(H,40,44)/t19-,20+,22+,23-,26-,27+,28-,30-/m1/s1. The van der Waals surface area contributed by atoms with Crippen LogP contribution < -0.4 is 14.8 Å². The average Bonchev–Trinajstić information content (AvgIpc) is 3.73. The third kappa shape index (κ3) is 6.36. The first-order chi connectivity index (χ1) is 22.3. The smallest absolute Gasteiger partial charge is 0.408 e. The molecule has 0 spiro atoms. The fraction of sp³-hybridized carbons (Fsp3) is 0.686. The summed E-state index contributed by atoms with van der Waals surface area (Å²) in [5, 5.41) is 2.86. The fourth-order valence-electron chi connectivity index (χ4n) is 8.43. The first-order valence-corrected chi connectivity index (χ1v) is 17.0. The minimum absolute atomic E-state index is 0.0542. The highest BCUT2D eigenvalue weighted by atomic mass is 19.3. The number of aldehydes is 1. The number of hydrogen-bond donors (Lipinski definition) is 1. The Morgan fingerprint density at radius 3 is 2.55 bits per heavy atom. The van der Waals surface area contributed by atoms with Crippen molar-refractivity contribution in [1.29, 1.82) is 0 Å². The van der Waals surface area contributed by atoms with Gasteiger partial charge in [0.25, 0.3) is 5.92 Å². The van der Waals surface area contributed by atoms with Crippen LogP contribution in [-0.2, 0) is 20.2 Å². The van der Waals surface area contributed by atoms with Crippen molar-refractivity contribution in [3.05, 3.63) is 23.9 Å². The van der Waals surface area contributed by atoms with Gasteiger partial charge in [-0.3, -0.25) is 4.79 Å². The van der Waals surface area contributed by atoms with Crippen LogP contribution in [-0.4, -0.2) is 71.1 Å². The Morgan fingerprint density at radius 1 is 1.09 bits per heavy atom. The van der Waals surface area contributed by atoms with E-state index in [2.05, 4.69) is 15.3 Å². The van der Waals surface area contributed by atoms with E-state index in [4.69, 9.17) is 14.2 Å². The number of carbonyl (C=O) groups is 3. The van der Waals surface area contributed by atoms with Crippen LogP contribution in [0.2, 0.25) is 0 Å². The zero-order valence-corrected chi connectivity index (χ0v) is 27.8. The van der Waals surface area contributed by atoms with Crippen molar-refractivity contribution in [2.45, 2.75) is 109 Å². The molecule has 0 unspecified atom stereocenters. The maximum Gasteiger partial charge on any atom is 0.408 e. The molecule has 4 aliphatic rings. The van der Waals surface area contributed by atoms with Crippen molar-refractivity contribution in [1.82, 2.24) is 20.2 Å². The first-order valence-electron chi connectivity index (χ1n) is 17.0. The fourth-order valence-corrected chi connectivity index (χ4v) is 8.43. The number of hydrogen-bond acceptors (Lipinski definition) is 8. The zero-order valence-electron chi connectivity index (χ0n) is 27.8. The minimum Gasteiger partial charge on any atom is -0.497 e. The summed E-state index contributed by atoms with van der Waals surface area (Å²) in [5.74, 6) is -3.47. The van der Waals surface area contributed by atoms with Gasteiger partial charge in [0.2, 0.25) is 11.8 Å². The van der Waals surface area contributed by atoms with Gasteiger partial charge in [0.15, 0.2) is 5.69 Å². The molecule has 2 saturated carbocycles. The molecule has 6 rings (SSSR count). The maximum atomic E-state index is 16.2. The van der Waals surface area contributed by atoms with Crippen LogP contribution in [0.1, 0.15) is 84.8 Å². The van der Waals surface area contributed by atoms with E-state index >= 15 is 8.78 Å². The van der Waals surface area contributed by atoms with Gasteiger partial charge in [-0.1, -0.05) is 34.1 Å². The van der Waals surface area contributed by atoms with Crippen molar-refractivity contribution < 1.29 is 37.4 Å². The van der Waals surface area contributed by atoms with Crippen LogP contribution >= 0.6 is 0 Å². The normalized spacial score (nSPS) is 32.8. The Kier molecular flexibility index (Phi) is 9.08. The number of ether oxygens (including phenoxy) is 3. The number of carbonyl (C=O) groups excluding carboxylic acids is 3. The SMILES string of the molecule is CC[C@@H]1[C@@H]2CN(C(=O)[C@H](C(C)(C)C)NC(=O)O[C@@H]3[C@H]4CC[C@H](C4)[C@H]3CCCCC(F)(F)c3nc4ccc(OC)cc4nc3O2)[C@@H]1C=O. The Morgan fingerprint density at radius 2 is 1.85 bits per heavy atom. The second-order valence-corrected chi connectivity index (χ2v) is 14.8. The number of benzene rings is 1. The Hall–Kier alpha value is -3.57. The molecular weight excluding hydrogens is 610 g/mol. The highest BCUT2D eigenvalue weighted by molar-refractivity contribution is 5.89. The summed E-state index contributed by atoms with van der Waals surface area (Å²) < 4.78 is 50.0. The van der Waals surface area contributed by atoms with Crippen molar-refractivity contribution in [3.63, 3.8) is 0 Å². The van der Waals surface area contributed by atoms with Gasteiger partial charge >= 0.3 is 6.09 Å². The quantitative estimate of drug-likeness (QED) is 0.397. The van der Waals surface area contributed by atoms with Crippen LogP contribution in [0.5, 0.6) is 11.6 Å². The third-order valence-electron chi connectivity index (χ3n) is 10.9. The third-order valence-corrected chi connectivity index (χ3v) is 10.9. The van der Waals surface area contributed by atoms with Gasteiger partial charge in [-0.2, -0.15) is 8.78 Å². The van der Waals surface area contributed by atoms with Gasteiger partial charge in [-0.15, -0.1) is 0 Å². The molecule has 3 fully saturated rings. The van der Waals surface area contributed by atoms with E-state index in [1.807, 2.05) is 27.7 Å². The monoisotopic (exact) mass is 656 g/mol. The van der Waals surface area contributed by atoms with Gasteiger partial charge in [-0.25, -0.2) is 14.8 Å². The summed E-state index contributed by atoms with van der Waals surface area (Å²) in [6.07, 6.45) is 3.25. The molecule has 2 aromatic rings. The molecule has 3 heterocycles. The molecule has 4 bridgehead atoms. The summed E-state index contributed by atoms with van der Waals surface area (Å²) >= 11 is 0. The van der Waals surface area contributed by atoms with E-state index < -0.39 is 59.6 Å². The molecule has 10 nitrogen and oxygen atoms in total. The van der Waals surface area contributed by atoms with Gasteiger partial charge in [0.1, 0.15) is 30.3 Å². The molecule has 1 N–H and O–H groups in total. The van der Waals surface area contributed by atoms with E-state index in [9.17, 15) is 14.4 Å². The highest BCUT2D eigenvalue weighted by Crippen LogP contribution is 2.52. The molecule has 1 aromatic carbocycles. The molecule has 1 saturated heterocycles. The Bertz CT molecular complexity index is 1510. The Balaban J connectivity index is 1.42. The summed E-state index contributed by atoms with van der Waals surface area (Å²) in [7, 11) is 1.50. The lowest BCUT2D eigenvalue weighted by atomic mass is 9.82. The molecule has 1 aromatic heterocycles. The number of nitrogens with one attached hydrogen (secondary N) is 1. The van der Waals surface area contributed by atoms with Gasteiger partial charge in [0.05, 0.1) is 30.7 Å². The number of alkyl halides is 2. The van der Waals surface area contributed by atoms with Crippen molar-refractivity contribution in [2.75, 3.05) is 13.7 Å². The zero-order chi connectivity index (χ0) is 33.7. The number of nitrogens with zero attached hydrogens (tertiary/aromatic N) is 3. The van der Waals surface area contributed by atoms with Crippen LogP contribution in [0.25, 0.3) is 11.0 Å². The van der Waals surface area contributed by atoms with Gasteiger partial charge in [0, 0.05) is 18.4 Å².